The lowest BCUT2D eigenvalue weighted by Gasteiger charge is -2.18. The summed E-state index contributed by atoms with van der Waals surface area (Å²) in [7, 11) is 0. The Bertz CT molecular complexity index is 810. The van der Waals surface area contributed by atoms with E-state index in [1.54, 1.807) is 42.5 Å². The van der Waals surface area contributed by atoms with Crippen molar-refractivity contribution in [2.45, 2.75) is 6.42 Å². The lowest BCUT2D eigenvalue weighted by atomic mass is 10.1. The van der Waals surface area contributed by atoms with Gasteiger partial charge in [0, 0.05) is 28.7 Å². The first-order valence-electron chi connectivity index (χ1n) is 7.26. The fourth-order valence-electron chi connectivity index (χ4n) is 2.62. The molecule has 1 saturated heterocycles. The standard InChI is InChI=1S/C17H13Cl3N2O2/c18-11-2-1-3-13(7-11)21-17(24)10-6-16(23)22(9-10)15-8-12(19)4-5-14(15)20/h1-5,7-8,10H,6,9H2,(H,21,24). The van der Waals surface area contributed by atoms with E-state index in [9.17, 15) is 9.59 Å². The van der Waals surface area contributed by atoms with Crippen molar-refractivity contribution in [1.29, 1.82) is 0 Å². The summed E-state index contributed by atoms with van der Waals surface area (Å²) < 4.78 is 0. The molecule has 2 aromatic carbocycles. The summed E-state index contributed by atoms with van der Waals surface area (Å²) in [5, 5.41) is 4.21. The molecule has 1 unspecified atom stereocenters. The normalized spacial score (nSPS) is 17.2. The Morgan fingerprint density at radius 2 is 1.83 bits per heavy atom. The highest BCUT2D eigenvalue weighted by Gasteiger charge is 2.36. The maximum Gasteiger partial charge on any atom is 0.229 e. The van der Waals surface area contributed by atoms with Crippen LogP contribution in [-0.2, 0) is 9.59 Å². The maximum absolute atomic E-state index is 12.4. The summed E-state index contributed by atoms with van der Waals surface area (Å²) in [5.41, 5.74) is 1.12. The predicted octanol–water partition coefficient (Wildman–Crippen LogP) is 4.64. The molecule has 1 aliphatic heterocycles. The highest BCUT2D eigenvalue weighted by Crippen LogP contribution is 2.33. The van der Waals surface area contributed by atoms with Crippen molar-refractivity contribution >= 4 is 58.0 Å². The molecule has 1 N–H and O–H groups in total. The van der Waals surface area contributed by atoms with E-state index >= 15 is 0 Å². The molecule has 1 fully saturated rings. The number of carbonyl (C=O) groups is 2. The number of hydrogen-bond acceptors (Lipinski definition) is 2. The third-order valence-corrected chi connectivity index (χ3v) is 4.58. The van der Waals surface area contributed by atoms with Gasteiger partial charge < -0.3 is 10.2 Å². The van der Waals surface area contributed by atoms with Crippen LogP contribution in [0.2, 0.25) is 15.1 Å². The predicted molar refractivity (Wildman–Crippen MR) is 97.0 cm³/mol. The molecule has 0 aromatic heterocycles. The van der Waals surface area contributed by atoms with Crippen molar-refractivity contribution in [2.75, 3.05) is 16.8 Å². The molecule has 0 radical (unpaired) electrons. The molecule has 0 spiro atoms. The molecule has 1 heterocycles. The molecular formula is C17H13Cl3N2O2. The Kier molecular flexibility index (Phi) is 4.99. The van der Waals surface area contributed by atoms with Crippen LogP contribution in [0.3, 0.4) is 0 Å². The summed E-state index contributed by atoms with van der Waals surface area (Å²) in [5.74, 6) is -0.858. The average Bonchev–Trinajstić information content (AvgIpc) is 2.92. The molecule has 2 amide bonds. The van der Waals surface area contributed by atoms with Gasteiger partial charge in [0.2, 0.25) is 11.8 Å². The van der Waals surface area contributed by atoms with Crippen LogP contribution in [0.1, 0.15) is 6.42 Å². The molecule has 1 atom stereocenters. The van der Waals surface area contributed by atoms with Gasteiger partial charge in [-0.2, -0.15) is 0 Å². The molecule has 124 valence electrons. The van der Waals surface area contributed by atoms with E-state index < -0.39 is 5.92 Å². The second-order valence-electron chi connectivity index (χ2n) is 5.50. The first kappa shape index (κ1) is 17.1. The Labute approximate surface area is 154 Å². The number of benzene rings is 2. The third-order valence-electron chi connectivity index (χ3n) is 3.79. The minimum atomic E-state index is -0.466. The third kappa shape index (κ3) is 3.66. The first-order chi connectivity index (χ1) is 11.4. The van der Waals surface area contributed by atoms with Crippen LogP contribution in [-0.4, -0.2) is 18.4 Å². The SMILES string of the molecule is O=C(Nc1cccc(Cl)c1)C1CC(=O)N(c2cc(Cl)ccc2Cl)C1. The molecule has 0 saturated carbocycles. The maximum atomic E-state index is 12.4. The largest absolute Gasteiger partial charge is 0.326 e. The molecule has 3 rings (SSSR count). The number of rotatable bonds is 3. The van der Waals surface area contributed by atoms with E-state index in [4.69, 9.17) is 34.8 Å². The minimum absolute atomic E-state index is 0.120. The van der Waals surface area contributed by atoms with E-state index in [1.165, 1.54) is 4.90 Å². The Morgan fingerprint density at radius 3 is 2.58 bits per heavy atom. The average molecular weight is 384 g/mol. The minimum Gasteiger partial charge on any atom is -0.326 e. The van der Waals surface area contributed by atoms with E-state index in [2.05, 4.69) is 5.32 Å². The van der Waals surface area contributed by atoms with Gasteiger partial charge in [0.15, 0.2) is 0 Å². The van der Waals surface area contributed by atoms with Crippen molar-refractivity contribution in [3.63, 3.8) is 0 Å². The zero-order chi connectivity index (χ0) is 17.3. The number of nitrogens with zero attached hydrogens (tertiary/aromatic N) is 1. The molecule has 4 nitrogen and oxygen atoms in total. The van der Waals surface area contributed by atoms with Gasteiger partial charge in [-0.25, -0.2) is 0 Å². The van der Waals surface area contributed by atoms with Gasteiger partial charge in [0.25, 0.3) is 0 Å². The van der Waals surface area contributed by atoms with Crippen molar-refractivity contribution in [3.05, 3.63) is 57.5 Å². The van der Waals surface area contributed by atoms with Gasteiger partial charge >= 0.3 is 0 Å². The van der Waals surface area contributed by atoms with Gasteiger partial charge in [-0.05, 0) is 36.4 Å². The zero-order valence-corrected chi connectivity index (χ0v) is 14.7. The van der Waals surface area contributed by atoms with E-state index in [-0.39, 0.29) is 24.8 Å². The topological polar surface area (TPSA) is 49.4 Å². The van der Waals surface area contributed by atoms with Crippen molar-refractivity contribution in [2.24, 2.45) is 5.92 Å². The van der Waals surface area contributed by atoms with Gasteiger partial charge in [-0.15, -0.1) is 0 Å². The monoisotopic (exact) mass is 382 g/mol. The van der Waals surface area contributed by atoms with Gasteiger partial charge in [0.05, 0.1) is 16.6 Å². The smallest absolute Gasteiger partial charge is 0.229 e. The fourth-order valence-corrected chi connectivity index (χ4v) is 3.20. The molecule has 2 aromatic rings. The number of amides is 2. The summed E-state index contributed by atoms with van der Waals surface area (Å²) >= 11 is 18.0. The van der Waals surface area contributed by atoms with Crippen LogP contribution in [0, 0.1) is 5.92 Å². The number of hydrogen-bond donors (Lipinski definition) is 1. The highest BCUT2D eigenvalue weighted by atomic mass is 35.5. The molecule has 1 aliphatic rings. The summed E-state index contributed by atoms with van der Waals surface area (Å²) in [4.78, 5) is 26.2. The summed E-state index contributed by atoms with van der Waals surface area (Å²) in [6.45, 7) is 0.255. The van der Waals surface area contributed by atoms with Crippen molar-refractivity contribution in [3.8, 4) is 0 Å². The number of carbonyl (C=O) groups excluding carboxylic acids is 2. The molecule has 0 aliphatic carbocycles. The van der Waals surface area contributed by atoms with Crippen LogP contribution >= 0.6 is 34.8 Å². The van der Waals surface area contributed by atoms with Crippen LogP contribution in [0.5, 0.6) is 0 Å². The van der Waals surface area contributed by atoms with Crippen LogP contribution < -0.4 is 10.2 Å². The number of nitrogens with one attached hydrogen (secondary N) is 1. The highest BCUT2D eigenvalue weighted by molar-refractivity contribution is 6.36. The second kappa shape index (κ2) is 7.01. The molecule has 7 heteroatoms. The van der Waals surface area contributed by atoms with Crippen LogP contribution in [0.4, 0.5) is 11.4 Å². The lowest BCUT2D eigenvalue weighted by molar-refractivity contribution is -0.122. The van der Waals surface area contributed by atoms with E-state index in [1.807, 2.05) is 0 Å². The quantitative estimate of drug-likeness (QED) is 0.839. The lowest BCUT2D eigenvalue weighted by Crippen LogP contribution is -2.28. The van der Waals surface area contributed by atoms with Gasteiger partial charge in [-0.1, -0.05) is 40.9 Å². The van der Waals surface area contributed by atoms with E-state index in [0.29, 0.717) is 26.4 Å². The fraction of sp³-hybridized carbons (Fsp3) is 0.176. The first-order valence-corrected chi connectivity index (χ1v) is 8.39. The van der Waals surface area contributed by atoms with E-state index in [0.717, 1.165) is 0 Å². The zero-order valence-electron chi connectivity index (χ0n) is 12.4. The van der Waals surface area contributed by atoms with Crippen molar-refractivity contribution in [1.82, 2.24) is 0 Å². The van der Waals surface area contributed by atoms with Crippen molar-refractivity contribution < 1.29 is 9.59 Å². The van der Waals surface area contributed by atoms with Crippen LogP contribution in [0.15, 0.2) is 42.5 Å². The number of anilines is 2. The van der Waals surface area contributed by atoms with Crippen LogP contribution in [0.25, 0.3) is 0 Å². The Hall–Kier alpha value is -1.75. The van der Waals surface area contributed by atoms with Gasteiger partial charge in [0.1, 0.15) is 0 Å². The Morgan fingerprint density at radius 1 is 1.08 bits per heavy atom. The molecular weight excluding hydrogens is 371 g/mol. The number of halogens is 3. The second-order valence-corrected chi connectivity index (χ2v) is 6.78. The molecule has 0 bridgehead atoms. The summed E-state index contributed by atoms with van der Waals surface area (Å²) in [6.07, 6.45) is 0.120. The summed E-state index contributed by atoms with van der Waals surface area (Å²) in [6, 6.07) is 11.8. The van der Waals surface area contributed by atoms with Gasteiger partial charge in [-0.3, -0.25) is 9.59 Å². The Balaban J connectivity index is 1.74. The molecule has 24 heavy (non-hydrogen) atoms.